The Labute approximate surface area is 118 Å². The van der Waals surface area contributed by atoms with E-state index >= 15 is 0 Å². The molecule has 1 atom stereocenters. The number of methoxy groups -OCH3 is 2. The molecule has 0 spiro atoms. The largest absolute Gasteiger partial charge is 0.493 e. The maximum Gasteiger partial charge on any atom is 0.161 e. The normalized spacial score (nSPS) is 13.8. The van der Waals surface area contributed by atoms with Crippen molar-refractivity contribution in [2.75, 3.05) is 20.8 Å². The first-order valence-electron chi connectivity index (χ1n) is 6.48. The Morgan fingerprint density at radius 2 is 1.90 bits per heavy atom. The minimum absolute atomic E-state index is 0.0170. The Kier molecular flexibility index (Phi) is 4.35. The molecular formula is C16H20O4. The van der Waals surface area contributed by atoms with Gasteiger partial charge in [-0.25, -0.2) is 0 Å². The van der Waals surface area contributed by atoms with Gasteiger partial charge >= 0.3 is 0 Å². The van der Waals surface area contributed by atoms with E-state index in [9.17, 15) is 5.11 Å². The first-order valence-corrected chi connectivity index (χ1v) is 6.48. The van der Waals surface area contributed by atoms with E-state index in [1.54, 1.807) is 20.5 Å². The van der Waals surface area contributed by atoms with Gasteiger partial charge in [-0.3, -0.25) is 0 Å². The monoisotopic (exact) mass is 276 g/mol. The number of furan rings is 1. The van der Waals surface area contributed by atoms with Gasteiger partial charge in [0.1, 0.15) is 5.76 Å². The second-order valence-corrected chi connectivity index (χ2v) is 5.04. The maximum atomic E-state index is 9.81. The molecule has 1 heterocycles. The standard InChI is InChI=1S/C16H20O4/c1-16(11-17,10-13-5-4-8-20-13)12-6-7-14(18-2)15(9-12)19-3/h4-9,17H,10-11H2,1-3H3. The van der Waals surface area contributed by atoms with Crippen LogP contribution in [0.3, 0.4) is 0 Å². The number of benzene rings is 1. The summed E-state index contributed by atoms with van der Waals surface area (Å²) in [6.45, 7) is 2.01. The lowest BCUT2D eigenvalue weighted by atomic mass is 9.79. The van der Waals surface area contributed by atoms with E-state index in [0.717, 1.165) is 11.3 Å². The Morgan fingerprint density at radius 1 is 1.15 bits per heavy atom. The van der Waals surface area contributed by atoms with Gasteiger partial charge in [0.25, 0.3) is 0 Å². The molecule has 0 aliphatic heterocycles. The molecule has 0 aliphatic carbocycles. The highest BCUT2D eigenvalue weighted by molar-refractivity contribution is 5.45. The van der Waals surface area contributed by atoms with Crippen molar-refractivity contribution in [3.05, 3.63) is 47.9 Å². The summed E-state index contributed by atoms with van der Waals surface area (Å²) in [5.41, 5.74) is 0.547. The third kappa shape index (κ3) is 2.80. The van der Waals surface area contributed by atoms with Crippen LogP contribution in [0.2, 0.25) is 0 Å². The smallest absolute Gasteiger partial charge is 0.161 e. The molecule has 0 amide bonds. The lowest BCUT2D eigenvalue weighted by Crippen LogP contribution is -2.29. The lowest BCUT2D eigenvalue weighted by Gasteiger charge is -2.27. The van der Waals surface area contributed by atoms with Crippen LogP contribution in [-0.2, 0) is 11.8 Å². The number of rotatable bonds is 6. The van der Waals surface area contributed by atoms with Crippen LogP contribution in [0.25, 0.3) is 0 Å². The van der Waals surface area contributed by atoms with Crippen LogP contribution in [-0.4, -0.2) is 25.9 Å². The van der Waals surface area contributed by atoms with Crippen molar-refractivity contribution in [2.24, 2.45) is 0 Å². The summed E-state index contributed by atoms with van der Waals surface area (Å²) < 4.78 is 15.9. The molecule has 0 saturated heterocycles. The fourth-order valence-electron chi connectivity index (χ4n) is 2.26. The van der Waals surface area contributed by atoms with Crippen molar-refractivity contribution in [3.63, 3.8) is 0 Å². The zero-order valence-electron chi connectivity index (χ0n) is 12.1. The number of aliphatic hydroxyl groups is 1. The molecule has 0 aliphatic rings. The second-order valence-electron chi connectivity index (χ2n) is 5.04. The van der Waals surface area contributed by atoms with Gasteiger partial charge in [-0.05, 0) is 29.8 Å². The minimum atomic E-state index is -0.433. The maximum absolute atomic E-state index is 9.81. The van der Waals surface area contributed by atoms with Crippen LogP contribution < -0.4 is 9.47 Å². The van der Waals surface area contributed by atoms with Crippen LogP contribution in [0.4, 0.5) is 0 Å². The van der Waals surface area contributed by atoms with Crippen LogP contribution in [0, 0.1) is 0 Å². The van der Waals surface area contributed by atoms with Gasteiger partial charge in [-0.15, -0.1) is 0 Å². The molecule has 108 valence electrons. The molecule has 2 aromatic rings. The number of aliphatic hydroxyl groups excluding tert-OH is 1. The predicted octanol–water partition coefficient (Wildman–Crippen LogP) is 2.79. The third-order valence-electron chi connectivity index (χ3n) is 3.57. The molecule has 20 heavy (non-hydrogen) atoms. The van der Waals surface area contributed by atoms with Crippen LogP contribution >= 0.6 is 0 Å². The molecule has 1 aromatic heterocycles. The summed E-state index contributed by atoms with van der Waals surface area (Å²) in [5.74, 6) is 2.18. The van der Waals surface area contributed by atoms with E-state index in [0.29, 0.717) is 17.9 Å². The molecule has 0 saturated carbocycles. The SMILES string of the molecule is COc1ccc(C(C)(CO)Cc2ccco2)cc1OC. The molecule has 0 bridgehead atoms. The number of ether oxygens (including phenoxy) is 2. The van der Waals surface area contributed by atoms with Gasteiger partial charge in [-0.1, -0.05) is 13.0 Å². The van der Waals surface area contributed by atoms with Gasteiger partial charge in [0.15, 0.2) is 11.5 Å². The first kappa shape index (κ1) is 14.5. The zero-order valence-corrected chi connectivity index (χ0v) is 12.1. The van der Waals surface area contributed by atoms with E-state index in [1.807, 2.05) is 37.3 Å². The predicted molar refractivity (Wildman–Crippen MR) is 76.4 cm³/mol. The summed E-state index contributed by atoms with van der Waals surface area (Å²) in [4.78, 5) is 0. The summed E-state index contributed by atoms with van der Waals surface area (Å²) in [6.07, 6.45) is 2.26. The summed E-state index contributed by atoms with van der Waals surface area (Å²) in [7, 11) is 3.20. The molecular weight excluding hydrogens is 256 g/mol. The Morgan fingerprint density at radius 3 is 2.45 bits per heavy atom. The Balaban J connectivity index is 2.35. The van der Waals surface area contributed by atoms with E-state index in [4.69, 9.17) is 13.9 Å². The summed E-state index contributed by atoms with van der Waals surface area (Å²) in [5, 5.41) is 9.81. The average Bonchev–Trinajstić information content (AvgIpc) is 2.99. The number of hydrogen-bond donors (Lipinski definition) is 1. The highest BCUT2D eigenvalue weighted by Crippen LogP contribution is 2.35. The Hall–Kier alpha value is -1.94. The quantitative estimate of drug-likeness (QED) is 0.881. The van der Waals surface area contributed by atoms with Crippen molar-refractivity contribution in [3.8, 4) is 11.5 Å². The van der Waals surface area contributed by atoms with Crippen molar-refractivity contribution >= 4 is 0 Å². The van der Waals surface area contributed by atoms with E-state index in [2.05, 4.69) is 0 Å². The zero-order chi connectivity index (χ0) is 14.6. The third-order valence-corrected chi connectivity index (χ3v) is 3.57. The molecule has 4 heteroatoms. The lowest BCUT2D eigenvalue weighted by molar-refractivity contribution is 0.198. The van der Waals surface area contributed by atoms with Crippen LogP contribution in [0.15, 0.2) is 41.0 Å². The molecule has 0 radical (unpaired) electrons. The topological polar surface area (TPSA) is 51.8 Å². The van der Waals surface area contributed by atoms with Gasteiger partial charge in [0.2, 0.25) is 0 Å². The van der Waals surface area contributed by atoms with E-state index in [-0.39, 0.29) is 6.61 Å². The highest BCUT2D eigenvalue weighted by Gasteiger charge is 2.28. The summed E-state index contributed by atoms with van der Waals surface area (Å²) in [6, 6.07) is 9.46. The number of hydrogen-bond acceptors (Lipinski definition) is 4. The van der Waals surface area contributed by atoms with Crippen LogP contribution in [0.1, 0.15) is 18.2 Å². The fraction of sp³-hybridized carbons (Fsp3) is 0.375. The van der Waals surface area contributed by atoms with E-state index < -0.39 is 5.41 Å². The van der Waals surface area contributed by atoms with Crippen molar-refractivity contribution in [1.82, 2.24) is 0 Å². The van der Waals surface area contributed by atoms with Crippen LogP contribution in [0.5, 0.6) is 11.5 Å². The van der Waals surface area contributed by atoms with Crippen molar-refractivity contribution in [1.29, 1.82) is 0 Å². The molecule has 2 rings (SSSR count). The van der Waals surface area contributed by atoms with Gasteiger partial charge in [0, 0.05) is 11.8 Å². The van der Waals surface area contributed by atoms with Gasteiger partial charge in [0.05, 0.1) is 27.1 Å². The Bertz CT molecular complexity index is 548. The molecule has 4 nitrogen and oxygen atoms in total. The second kappa shape index (κ2) is 6.01. The molecule has 0 fully saturated rings. The fourth-order valence-corrected chi connectivity index (χ4v) is 2.26. The van der Waals surface area contributed by atoms with Gasteiger partial charge in [-0.2, -0.15) is 0 Å². The molecule has 1 N–H and O–H groups in total. The first-order chi connectivity index (χ1) is 9.62. The highest BCUT2D eigenvalue weighted by atomic mass is 16.5. The van der Waals surface area contributed by atoms with Crippen molar-refractivity contribution < 1.29 is 19.0 Å². The molecule has 1 aromatic carbocycles. The van der Waals surface area contributed by atoms with Crippen molar-refractivity contribution in [2.45, 2.75) is 18.8 Å². The van der Waals surface area contributed by atoms with Gasteiger partial charge < -0.3 is 19.0 Å². The minimum Gasteiger partial charge on any atom is -0.493 e. The van der Waals surface area contributed by atoms with E-state index in [1.165, 1.54) is 0 Å². The average molecular weight is 276 g/mol. The summed E-state index contributed by atoms with van der Waals surface area (Å²) >= 11 is 0. The molecule has 1 unspecified atom stereocenters.